The van der Waals surface area contributed by atoms with E-state index in [1.54, 1.807) is 49.7 Å². The number of anilines is 1. The highest BCUT2D eigenvalue weighted by Gasteiger charge is 2.19. The van der Waals surface area contributed by atoms with Gasteiger partial charge in [0, 0.05) is 12.7 Å². The molecule has 0 aliphatic heterocycles. The highest BCUT2D eigenvalue weighted by Crippen LogP contribution is 2.26. The number of amides is 1. The Balaban J connectivity index is 1.60. The van der Waals surface area contributed by atoms with Crippen LogP contribution in [-0.4, -0.2) is 25.9 Å². The SMILES string of the molecule is Cc1ccc(NC(=O)C(C)Sc2nnc(COc3ccccc3Cl)n2C)cc1F. The van der Waals surface area contributed by atoms with E-state index < -0.39 is 5.25 Å². The maximum atomic E-state index is 13.7. The van der Waals surface area contributed by atoms with Gasteiger partial charge in [0.1, 0.15) is 18.2 Å². The Hall–Kier alpha value is -2.58. The lowest BCUT2D eigenvalue weighted by atomic mass is 10.2. The van der Waals surface area contributed by atoms with Crippen molar-refractivity contribution in [3.8, 4) is 5.75 Å². The molecule has 2 aromatic carbocycles. The van der Waals surface area contributed by atoms with E-state index in [1.807, 2.05) is 12.1 Å². The Labute approximate surface area is 177 Å². The fraction of sp³-hybridized carbons (Fsp3) is 0.250. The number of nitrogens with zero attached hydrogens (tertiary/aromatic N) is 3. The molecule has 1 amide bonds. The Morgan fingerprint density at radius 3 is 2.79 bits per heavy atom. The minimum Gasteiger partial charge on any atom is -0.484 e. The number of carbonyl (C=O) groups excluding carboxylic acids is 1. The Kier molecular flexibility index (Phi) is 6.76. The summed E-state index contributed by atoms with van der Waals surface area (Å²) in [7, 11) is 1.80. The first-order valence-electron chi connectivity index (χ1n) is 8.84. The number of hydrogen-bond donors (Lipinski definition) is 1. The van der Waals surface area contributed by atoms with Crippen LogP contribution in [0, 0.1) is 12.7 Å². The van der Waals surface area contributed by atoms with Crippen LogP contribution in [0.1, 0.15) is 18.3 Å². The van der Waals surface area contributed by atoms with E-state index in [0.717, 1.165) is 0 Å². The second kappa shape index (κ2) is 9.28. The fourth-order valence-corrected chi connectivity index (χ4v) is 3.43. The average Bonchev–Trinajstić information content (AvgIpc) is 3.03. The van der Waals surface area contributed by atoms with E-state index in [0.29, 0.717) is 33.0 Å². The van der Waals surface area contributed by atoms with Crippen molar-refractivity contribution in [3.05, 3.63) is 64.7 Å². The number of aryl methyl sites for hydroxylation is 1. The quantitative estimate of drug-likeness (QED) is 0.550. The molecule has 3 rings (SSSR count). The van der Waals surface area contributed by atoms with Crippen molar-refractivity contribution >= 4 is 35.0 Å². The zero-order chi connectivity index (χ0) is 21.0. The lowest BCUT2D eigenvalue weighted by Crippen LogP contribution is -2.23. The third kappa shape index (κ3) is 5.27. The van der Waals surface area contributed by atoms with Gasteiger partial charge in [0.25, 0.3) is 0 Å². The van der Waals surface area contributed by atoms with Gasteiger partial charge in [-0.05, 0) is 43.7 Å². The summed E-state index contributed by atoms with van der Waals surface area (Å²) in [6.07, 6.45) is 0. The van der Waals surface area contributed by atoms with Crippen molar-refractivity contribution in [2.45, 2.75) is 30.9 Å². The van der Waals surface area contributed by atoms with Gasteiger partial charge in [-0.3, -0.25) is 4.79 Å². The van der Waals surface area contributed by atoms with Crippen molar-refractivity contribution in [1.82, 2.24) is 14.8 Å². The molecule has 152 valence electrons. The lowest BCUT2D eigenvalue weighted by Gasteiger charge is -2.12. The summed E-state index contributed by atoms with van der Waals surface area (Å²) >= 11 is 7.34. The van der Waals surface area contributed by atoms with E-state index in [2.05, 4.69) is 15.5 Å². The van der Waals surface area contributed by atoms with Gasteiger partial charge < -0.3 is 14.6 Å². The minimum absolute atomic E-state index is 0.191. The van der Waals surface area contributed by atoms with E-state index >= 15 is 0 Å². The molecule has 3 aromatic rings. The summed E-state index contributed by atoms with van der Waals surface area (Å²) in [5, 5.41) is 11.6. The number of aromatic nitrogens is 3. The molecule has 0 spiro atoms. The predicted octanol–water partition coefficient (Wildman–Crippen LogP) is 4.61. The molecule has 29 heavy (non-hydrogen) atoms. The van der Waals surface area contributed by atoms with Crippen LogP contribution in [0.3, 0.4) is 0 Å². The van der Waals surface area contributed by atoms with Crippen molar-refractivity contribution in [2.24, 2.45) is 7.05 Å². The second-order valence-corrected chi connectivity index (χ2v) is 8.11. The zero-order valence-corrected chi connectivity index (χ0v) is 17.7. The first-order valence-corrected chi connectivity index (χ1v) is 10.1. The molecule has 1 heterocycles. The van der Waals surface area contributed by atoms with Gasteiger partial charge >= 0.3 is 0 Å². The predicted molar refractivity (Wildman–Crippen MR) is 112 cm³/mol. The molecule has 0 bridgehead atoms. The van der Waals surface area contributed by atoms with E-state index in [1.165, 1.54) is 17.8 Å². The van der Waals surface area contributed by atoms with Crippen LogP contribution in [0.15, 0.2) is 47.6 Å². The molecule has 6 nitrogen and oxygen atoms in total. The maximum Gasteiger partial charge on any atom is 0.237 e. The largest absolute Gasteiger partial charge is 0.484 e. The molecular weight excluding hydrogens is 415 g/mol. The molecule has 0 radical (unpaired) electrons. The Morgan fingerprint density at radius 1 is 1.31 bits per heavy atom. The topological polar surface area (TPSA) is 69.0 Å². The summed E-state index contributed by atoms with van der Waals surface area (Å²) in [6, 6.07) is 11.8. The molecule has 1 unspecified atom stereocenters. The number of benzene rings is 2. The van der Waals surface area contributed by atoms with E-state index in [9.17, 15) is 9.18 Å². The third-order valence-corrected chi connectivity index (χ3v) is 5.66. The number of rotatable bonds is 7. The van der Waals surface area contributed by atoms with Gasteiger partial charge in [0.2, 0.25) is 5.91 Å². The Bertz CT molecular complexity index is 1030. The zero-order valence-electron chi connectivity index (χ0n) is 16.1. The number of carbonyl (C=O) groups is 1. The summed E-state index contributed by atoms with van der Waals surface area (Å²) in [5.74, 6) is 0.541. The van der Waals surface area contributed by atoms with Crippen LogP contribution >= 0.6 is 23.4 Å². The average molecular weight is 435 g/mol. The molecule has 0 fully saturated rings. The molecule has 1 N–H and O–H groups in total. The summed E-state index contributed by atoms with van der Waals surface area (Å²) in [4.78, 5) is 12.4. The molecule has 0 aliphatic rings. The number of halogens is 2. The second-order valence-electron chi connectivity index (χ2n) is 6.39. The van der Waals surface area contributed by atoms with Crippen LogP contribution in [-0.2, 0) is 18.4 Å². The van der Waals surface area contributed by atoms with Crippen LogP contribution in [0.4, 0.5) is 10.1 Å². The molecule has 9 heteroatoms. The van der Waals surface area contributed by atoms with Gasteiger partial charge in [0.15, 0.2) is 11.0 Å². The van der Waals surface area contributed by atoms with Gasteiger partial charge in [-0.25, -0.2) is 4.39 Å². The van der Waals surface area contributed by atoms with Crippen LogP contribution in [0.25, 0.3) is 0 Å². The van der Waals surface area contributed by atoms with Crippen LogP contribution < -0.4 is 10.1 Å². The van der Waals surface area contributed by atoms with Crippen molar-refractivity contribution < 1.29 is 13.9 Å². The van der Waals surface area contributed by atoms with Gasteiger partial charge in [-0.2, -0.15) is 0 Å². The van der Waals surface area contributed by atoms with Gasteiger partial charge in [-0.1, -0.05) is 41.6 Å². The van der Waals surface area contributed by atoms with Crippen LogP contribution in [0.2, 0.25) is 5.02 Å². The molecule has 0 saturated heterocycles. The number of thioether (sulfide) groups is 1. The summed E-state index contributed by atoms with van der Waals surface area (Å²) < 4.78 is 21.1. The maximum absolute atomic E-state index is 13.7. The molecule has 1 atom stereocenters. The standard InChI is InChI=1S/C20H20ClFN4O2S/c1-12-8-9-14(10-16(12)22)23-19(27)13(2)29-20-25-24-18(26(20)3)11-28-17-7-5-4-6-15(17)21/h4-10,13H,11H2,1-3H3,(H,23,27). The van der Waals surface area contributed by atoms with Gasteiger partial charge in [-0.15, -0.1) is 10.2 Å². The molecule has 1 aromatic heterocycles. The normalized spacial score (nSPS) is 11.9. The molecule has 0 saturated carbocycles. The van der Waals surface area contributed by atoms with Crippen LogP contribution in [0.5, 0.6) is 5.75 Å². The van der Waals surface area contributed by atoms with Crippen molar-refractivity contribution in [3.63, 3.8) is 0 Å². The highest BCUT2D eigenvalue weighted by molar-refractivity contribution is 8.00. The fourth-order valence-electron chi connectivity index (χ4n) is 2.40. The highest BCUT2D eigenvalue weighted by atomic mass is 35.5. The molecular formula is C20H20ClFN4O2S. The van der Waals surface area contributed by atoms with Crippen molar-refractivity contribution in [2.75, 3.05) is 5.32 Å². The first kappa shape index (κ1) is 21.1. The minimum atomic E-state index is -0.459. The number of para-hydroxylation sites is 1. The van der Waals surface area contributed by atoms with E-state index in [4.69, 9.17) is 16.3 Å². The summed E-state index contributed by atoms with van der Waals surface area (Å²) in [6.45, 7) is 3.61. The first-order chi connectivity index (χ1) is 13.8. The number of nitrogens with one attached hydrogen (secondary N) is 1. The third-order valence-electron chi connectivity index (χ3n) is 4.21. The van der Waals surface area contributed by atoms with Crippen molar-refractivity contribution in [1.29, 1.82) is 0 Å². The molecule has 0 aliphatic carbocycles. The lowest BCUT2D eigenvalue weighted by molar-refractivity contribution is -0.115. The smallest absolute Gasteiger partial charge is 0.237 e. The van der Waals surface area contributed by atoms with E-state index in [-0.39, 0.29) is 18.3 Å². The number of ether oxygens (including phenoxy) is 1. The summed E-state index contributed by atoms with van der Waals surface area (Å²) in [5.41, 5.74) is 0.938. The Morgan fingerprint density at radius 2 is 2.07 bits per heavy atom. The van der Waals surface area contributed by atoms with Gasteiger partial charge in [0.05, 0.1) is 10.3 Å². The monoisotopic (exact) mass is 434 g/mol. The number of hydrogen-bond acceptors (Lipinski definition) is 5.